The molecule has 0 aliphatic rings. The van der Waals surface area contributed by atoms with Gasteiger partial charge >= 0.3 is 5.69 Å². The van der Waals surface area contributed by atoms with Gasteiger partial charge in [-0.25, -0.2) is 14.5 Å². The Kier molecular flexibility index (Phi) is 5.32. The minimum Gasteiger partial charge on any atom is -0.335 e. The molecule has 1 aromatic carbocycles. The van der Waals surface area contributed by atoms with Crippen LogP contribution in [0, 0.1) is 6.92 Å². The lowest BCUT2D eigenvalue weighted by Gasteiger charge is -2.22. The fourth-order valence-corrected chi connectivity index (χ4v) is 3.40. The van der Waals surface area contributed by atoms with Crippen molar-refractivity contribution in [2.45, 2.75) is 33.0 Å². The van der Waals surface area contributed by atoms with Crippen molar-refractivity contribution in [3.8, 4) is 0 Å². The van der Waals surface area contributed by atoms with Gasteiger partial charge in [-0.05, 0) is 19.4 Å². The standard InChI is InChI=1S/C18H21N5O2S/c1-13(17-19-9-10-26-17)21(3)16(24)12-23-18(25)22(14(2)20-23)11-15-7-5-4-6-8-15/h4-10,13H,11-12H2,1-3H3/t13-/m1/s1. The van der Waals surface area contributed by atoms with Crippen LogP contribution in [0.4, 0.5) is 0 Å². The summed E-state index contributed by atoms with van der Waals surface area (Å²) in [4.78, 5) is 31.0. The number of thiazole rings is 1. The first-order chi connectivity index (χ1) is 12.5. The van der Waals surface area contributed by atoms with E-state index < -0.39 is 0 Å². The Morgan fingerprint density at radius 1 is 1.31 bits per heavy atom. The fraction of sp³-hybridized carbons (Fsp3) is 0.333. The Morgan fingerprint density at radius 3 is 2.69 bits per heavy atom. The number of benzene rings is 1. The van der Waals surface area contributed by atoms with Crippen LogP contribution < -0.4 is 5.69 Å². The maximum absolute atomic E-state index is 12.6. The van der Waals surface area contributed by atoms with Crippen molar-refractivity contribution in [3.63, 3.8) is 0 Å². The van der Waals surface area contributed by atoms with Gasteiger partial charge in [0.15, 0.2) is 0 Å². The summed E-state index contributed by atoms with van der Waals surface area (Å²) in [7, 11) is 1.72. The molecule has 0 spiro atoms. The van der Waals surface area contributed by atoms with E-state index in [0.717, 1.165) is 10.6 Å². The normalized spacial score (nSPS) is 12.1. The van der Waals surface area contributed by atoms with Crippen molar-refractivity contribution in [2.24, 2.45) is 0 Å². The monoisotopic (exact) mass is 371 g/mol. The predicted octanol–water partition coefficient (Wildman–Crippen LogP) is 2.08. The molecule has 0 saturated heterocycles. The number of nitrogens with zero attached hydrogens (tertiary/aromatic N) is 5. The molecule has 0 fully saturated rings. The topological polar surface area (TPSA) is 73.0 Å². The highest BCUT2D eigenvalue weighted by Crippen LogP contribution is 2.20. The van der Waals surface area contributed by atoms with E-state index in [4.69, 9.17) is 0 Å². The van der Waals surface area contributed by atoms with Crippen LogP contribution >= 0.6 is 11.3 Å². The second kappa shape index (κ2) is 7.65. The van der Waals surface area contributed by atoms with Crippen LogP contribution in [0.3, 0.4) is 0 Å². The Bertz CT molecular complexity index is 930. The molecule has 3 rings (SSSR count). The second-order valence-electron chi connectivity index (χ2n) is 6.11. The molecule has 0 aliphatic carbocycles. The molecule has 1 amide bonds. The summed E-state index contributed by atoms with van der Waals surface area (Å²) in [5.41, 5.74) is 0.730. The molecular formula is C18H21N5O2S. The Hall–Kier alpha value is -2.74. The molecule has 0 radical (unpaired) electrons. The van der Waals surface area contributed by atoms with Crippen LogP contribution in [0.5, 0.6) is 0 Å². The largest absolute Gasteiger partial charge is 0.346 e. The summed E-state index contributed by atoms with van der Waals surface area (Å²) in [6, 6.07) is 9.55. The molecule has 0 N–H and O–H groups in total. The van der Waals surface area contributed by atoms with Crippen molar-refractivity contribution in [1.82, 2.24) is 24.2 Å². The van der Waals surface area contributed by atoms with E-state index in [1.807, 2.05) is 42.6 Å². The second-order valence-corrected chi connectivity index (χ2v) is 7.04. The van der Waals surface area contributed by atoms with Crippen LogP contribution in [0.15, 0.2) is 46.7 Å². The molecule has 136 valence electrons. The van der Waals surface area contributed by atoms with Gasteiger partial charge in [0, 0.05) is 18.6 Å². The summed E-state index contributed by atoms with van der Waals surface area (Å²) >= 11 is 1.50. The third kappa shape index (κ3) is 3.75. The zero-order valence-electron chi connectivity index (χ0n) is 15.0. The number of aryl methyl sites for hydroxylation is 1. The van der Waals surface area contributed by atoms with Gasteiger partial charge in [0.25, 0.3) is 0 Å². The summed E-state index contributed by atoms with van der Waals surface area (Å²) in [6.45, 7) is 4.03. The third-order valence-electron chi connectivity index (χ3n) is 4.36. The minimum absolute atomic E-state index is 0.0896. The average Bonchev–Trinajstić information content (AvgIpc) is 3.26. The van der Waals surface area contributed by atoms with E-state index in [2.05, 4.69) is 10.1 Å². The minimum atomic E-state index is -0.282. The summed E-state index contributed by atoms with van der Waals surface area (Å²) in [5.74, 6) is 0.404. The number of amides is 1. The van der Waals surface area contributed by atoms with E-state index in [1.54, 1.807) is 29.6 Å². The molecule has 8 heteroatoms. The zero-order chi connectivity index (χ0) is 18.7. The lowest BCUT2D eigenvalue weighted by Crippen LogP contribution is -2.36. The number of hydrogen-bond donors (Lipinski definition) is 0. The molecule has 0 bridgehead atoms. The van der Waals surface area contributed by atoms with Gasteiger partial charge in [-0.1, -0.05) is 30.3 Å². The van der Waals surface area contributed by atoms with Crippen LogP contribution in [0.1, 0.15) is 29.4 Å². The average molecular weight is 371 g/mol. The van der Waals surface area contributed by atoms with Gasteiger partial charge in [-0.3, -0.25) is 9.36 Å². The molecule has 0 aliphatic heterocycles. The quantitative estimate of drug-likeness (QED) is 0.665. The molecule has 1 atom stereocenters. The molecule has 0 saturated carbocycles. The molecule has 7 nitrogen and oxygen atoms in total. The van der Waals surface area contributed by atoms with Crippen LogP contribution in [-0.4, -0.2) is 37.2 Å². The summed E-state index contributed by atoms with van der Waals surface area (Å²) in [6.07, 6.45) is 1.72. The van der Waals surface area contributed by atoms with Crippen molar-refractivity contribution in [3.05, 3.63) is 68.8 Å². The first-order valence-electron chi connectivity index (χ1n) is 8.30. The molecule has 2 aromatic heterocycles. The smallest absolute Gasteiger partial charge is 0.335 e. The first-order valence-corrected chi connectivity index (χ1v) is 9.18. The highest BCUT2D eigenvalue weighted by atomic mass is 32.1. The van der Waals surface area contributed by atoms with Gasteiger partial charge in [0.05, 0.1) is 12.6 Å². The van der Waals surface area contributed by atoms with Crippen LogP contribution in [0.25, 0.3) is 0 Å². The van der Waals surface area contributed by atoms with Crippen molar-refractivity contribution >= 4 is 17.2 Å². The van der Waals surface area contributed by atoms with Gasteiger partial charge in [0.2, 0.25) is 5.91 Å². The number of likely N-dealkylation sites (N-methyl/N-ethyl adjacent to an activating group) is 1. The van der Waals surface area contributed by atoms with E-state index in [-0.39, 0.29) is 24.2 Å². The van der Waals surface area contributed by atoms with E-state index in [1.165, 1.54) is 16.0 Å². The first kappa shape index (κ1) is 18.1. The summed E-state index contributed by atoms with van der Waals surface area (Å²) in [5, 5.41) is 7.00. The lowest BCUT2D eigenvalue weighted by molar-refractivity contribution is -0.132. The maximum atomic E-state index is 12.6. The SMILES string of the molecule is Cc1nn(CC(=O)N(C)[C@H](C)c2nccs2)c(=O)n1Cc1ccccc1. The number of hydrogen-bond acceptors (Lipinski definition) is 5. The summed E-state index contributed by atoms with van der Waals surface area (Å²) < 4.78 is 2.80. The Balaban J connectivity index is 1.75. The number of rotatable bonds is 6. The maximum Gasteiger partial charge on any atom is 0.346 e. The van der Waals surface area contributed by atoms with Gasteiger partial charge in [-0.15, -0.1) is 11.3 Å². The number of aromatic nitrogens is 4. The van der Waals surface area contributed by atoms with E-state index >= 15 is 0 Å². The molecule has 26 heavy (non-hydrogen) atoms. The molecule has 2 heterocycles. The van der Waals surface area contributed by atoms with E-state index in [9.17, 15) is 9.59 Å². The Labute approximate surface area is 155 Å². The predicted molar refractivity (Wildman–Crippen MR) is 100 cm³/mol. The highest BCUT2D eigenvalue weighted by Gasteiger charge is 2.21. The molecule has 3 aromatic rings. The lowest BCUT2D eigenvalue weighted by atomic mass is 10.2. The highest BCUT2D eigenvalue weighted by molar-refractivity contribution is 7.09. The van der Waals surface area contributed by atoms with Crippen molar-refractivity contribution < 1.29 is 4.79 Å². The van der Waals surface area contributed by atoms with Gasteiger partial charge in [-0.2, -0.15) is 5.10 Å². The van der Waals surface area contributed by atoms with Crippen LogP contribution in [-0.2, 0) is 17.9 Å². The van der Waals surface area contributed by atoms with Crippen molar-refractivity contribution in [1.29, 1.82) is 0 Å². The van der Waals surface area contributed by atoms with Gasteiger partial charge in [0.1, 0.15) is 17.4 Å². The molecule has 0 unspecified atom stereocenters. The number of carbonyl (C=O) groups excluding carboxylic acids is 1. The van der Waals surface area contributed by atoms with Gasteiger partial charge < -0.3 is 4.90 Å². The third-order valence-corrected chi connectivity index (χ3v) is 5.31. The van der Waals surface area contributed by atoms with Crippen molar-refractivity contribution in [2.75, 3.05) is 7.05 Å². The number of carbonyl (C=O) groups is 1. The zero-order valence-corrected chi connectivity index (χ0v) is 15.8. The molecular weight excluding hydrogens is 350 g/mol. The fourth-order valence-electron chi connectivity index (χ4n) is 2.66. The van der Waals surface area contributed by atoms with Crippen LogP contribution in [0.2, 0.25) is 0 Å². The Morgan fingerprint density at radius 2 is 2.04 bits per heavy atom. The van der Waals surface area contributed by atoms with E-state index in [0.29, 0.717) is 12.4 Å².